The number of para-hydroxylation sites is 1. The predicted octanol–water partition coefficient (Wildman–Crippen LogP) is 3.39. The van der Waals surface area contributed by atoms with Gasteiger partial charge in [0.15, 0.2) is 10.4 Å². The first-order valence-electron chi connectivity index (χ1n) is 8.31. The van der Waals surface area contributed by atoms with E-state index in [0.29, 0.717) is 5.75 Å². The predicted molar refractivity (Wildman–Crippen MR) is 110 cm³/mol. The Morgan fingerprint density at radius 1 is 1.29 bits per heavy atom. The van der Waals surface area contributed by atoms with Crippen molar-refractivity contribution in [2.24, 2.45) is 5.10 Å². The van der Waals surface area contributed by atoms with Gasteiger partial charge in [-0.25, -0.2) is 15.2 Å². The summed E-state index contributed by atoms with van der Waals surface area (Å²) in [4.78, 5) is 27.2. The average Bonchev–Trinajstić information content (AvgIpc) is 3.10. The van der Waals surface area contributed by atoms with Crippen LogP contribution in [0.15, 0.2) is 58.0 Å². The first kappa shape index (κ1) is 19.8. The van der Waals surface area contributed by atoms with Crippen LogP contribution in [0.2, 0.25) is 0 Å². The molecule has 1 heterocycles. The monoisotopic (exact) mass is 415 g/mol. The van der Waals surface area contributed by atoms with E-state index in [0.717, 1.165) is 20.1 Å². The van der Waals surface area contributed by atoms with Crippen LogP contribution in [-0.2, 0) is 9.59 Å². The number of ether oxygens (including phenoxy) is 1. The van der Waals surface area contributed by atoms with Gasteiger partial charge >= 0.3 is 5.97 Å². The Labute approximate surface area is 169 Å². The molecule has 0 saturated carbocycles. The number of rotatable bonds is 8. The van der Waals surface area contributed by atoms with E-state index in [4.69, 9.17) is 9.84 Å². The third kappa shape index (κ3) is 5.54. The number of hydrogen-bond donors (Lipinski definition) is 2. The number of aliphatic carboxylic acids is 1. The molecule has 28 heavy (non-hydrogen) atoms. The first-order chi connectivity index (χ1) is 13.5. The topological polar surface area (TPSA) is 101 Å². The molecule has 1 aromatic heterocycles. The summed E-state index contributed by atoms with van der Waals surface area (Å²) >= 11 is 2.92. The molecule has 0 aliphatic heterocycles. The highest BCUT2D eigenvalue weighted by atomic mass is 32.2. The lowest BCUT2D eigenvalue weighted by molar-refractivity contribution is -0.144. The number of thiazole rings is 1. The zero-order valence-corrected chi connectivity index (χ0v) is 16.5. The molecule has 1 amide bonds. The third-order valence-corrected chi connectivity index (χ3v) is 5.72. The maximum atomic E-state index is 11.9. The maximum Gasteiger partial charge on any atom is 0.344 e. The van der Waals surface area contributed by atoms with E-state index in [1.54, 1.807) is 35.6 Å². The summed E-state index contributed by atoms with van der Waals surface area (Å²) in [6.07, 6.45) is 0.580. The van der Waals surface area contributed by atoms with Crippen LogP contribution in [0.5, 0.6) is 5.75 Å². The third-order valence-electron chi connectivity index (χ3n) is 3.54. The second kappa shape index (κ2) is 9.34. The average molecular weight is 415 g/mol. The number of thioether (sulfide) groups is 1. The highest BCUT2D eigenvalue weighted by Crippen LogP contribution is 2.28. The summed E-state index contributed by atoms with van der Waals surface area (Å²) in [5.74, 6) is -0.590. The van der Waals surface area contributed by atoms with Crippen molar-refractivity contribution in [1.82, 2.24) is 10.4 Å². The number of hydrogen-bond acceptors (Lipinski definition) is 7. The highest BCUT2D eigenvalue weighted by Gasteiger charge is 2.12. The van der Waals surface area contributed by atoms with Gasteiger partial charge in [-0.15, -0.1) is 11.3 Å². The number of carbonyl (C=O) groups excluding carboxylic acids is 1. The van der Waals surface area contributed by atoms with Gasteiger partial charge in [-0.05, 0) is 48.9 Å². The maximum absolute atomic E-state index is 11.9. The van der Waals surface area contributed by atoms with Gasteiger partial charge < -0.3 is 9.84 Å². The lowest BCUT2D eigenvalue weighted by Crippen LogP contribution is -2.22. The molecule has 1 unspecified atom stereocenters. The van der Waals surface area contributed by atoms with Gasteiger partial charge in [0.2, 0.25) is 0 Å². The molecule has 9 heteroatoms. The summed E-state index contributed by atoms with van der Waals surface area (Å²) < 4.78 is 7.18. The molecule has 0 spiro atoms. The molecule has 0 radical (unpaired) electrons. The Morgan fingerprint density at radius 2 is 2.04 bits per heavy atom. The first-order valence-corrected chi connectivity index (χ1v) is 10.1. The van der Waals surface area contributed by atoms with Crippen LogP contribution in [0.4, 0.5) is 0 Å². The quantitative estimate of drug-likeness (QED) is 0.332. The zero-order chi connectivity index (χ0) is 19.9. The Bertz CT molecular complexity index is 969. The molecule has 0 aliphatic rings. The number of nitrogens with one attached hydrogen (secondary N) is 1. The lowest BCUT2D eigenvalue weighted by atomic mass is 10.2. The van der Waals surface area contributed by atoms with Crippen LogP contribution in [-0.4, -0.2) is 40.0 Å². The normalized spacial score (nSPS) is 12.2. The minimum atomic E-state index is -1.03. The van der Waals surface area contributed by atoms with E-state index in [1.807, 2.05) is 24.3 Å². The minimum Gasteiger partial charge on any atom is -0.479 e. The SMILES string of the molecule is CC(Oc1ccc(/C=N\NC(=O)CSc2nc3ccccc3s2)cc1)C(=O)O. The summed E-state index contributed by atoms with van der Waals surface area (Å²) in [6.45, 7) is 1.46. The summed E-state index contributed by atoms with van der Waals surface area (Å²) in [5, 5.41) is 12.8. The molecule has 2 N–H and O–H groups in total. The number of carboxylic acid groups (broad SMARTS) is 1. The van der Waals surface area contributed by atoms with Gasteiger partial charge in [0.25, 0.3) is 5.91 Å². The van der Waals surface area contributed by atoms with Gasteiger partial charge in [-0.3, -0.25) is 4.79 Å². The second-order valence-corrected chi connectivity index (χ2v) is 7.95. The summed E-state index contributed by atoms with van der Waals surface area (Å²) in [6, 6.07) is 14.6. The standard InChI is InChI=1S/C19H17N3O4S2/c1-12(18(24)25)26-14-8-6-13(7-9-14)10-20-22-17(23)11-27-19-21-15-4-2-3-5-16(15)28-19/h2-10,12H,11H2,1H3,(H,22,23)(H,24,25)/b20-10-. The molecule has 1 atom stereocenters. The number of carbonyl (C=O) groups is 2. The largest absolute Gasteiger partial charge is 0.479 e. The molecular formula is C19H17N3O4S2. The Kier molecular flexibility index (Phi) is 6.62. The molecule has 0 fully saturated rings. The number of nitrogens with zero attached hydrogens (tertiary/aromatic N) is 2. The Balaban J connectivity index is 1.45. The van der Waals surface area contributed by atoms with Crippen molar-refractivity contribution in [2.75, 3.05) is 5.75 Å². The number of hydrazone groups is 1. The number of fused-ring (bicyclic) bond motifs is 1. The number of amides is 1. The van der Waals surface area contributed by atoms with E-state index >= 15 is 0 Å². The van der Waals surface area contributed by atoms with E-state index in [1.165, 1.54) is 24.9 Å². The van der Waals surface area contributed by atoms with Crippen LogP contribution >= 0.6 is 23.1 Å². The van der Waals surface area contributed by atoms with Gasteiger partial charge in [0, 0.05) is 0 Å². The molecule has 2 aromatic carbocycles. The molecule has 3 rings (SSSR count). The van der Waals surface area contributed by atoms with Crippen molar-refractivity contribution in [1.29, 1.82) is 0 Å². The molecular weight excluding hydrogens is 398 g/mol. The summed E-state index contributed by atoms with van der Waals surface area (Å²) in [5.41, 5.74) is 4.15. The van der Waals surface area contributed by atoms with Crippen LogP contribution in [0, 0.1) is 0 Å². The van der Waals surface area contributed by atoms with E-state index in [-0.39, 0.29) is 11.7 Å². The Hall–Kier alpha value is -2.91. The molecule has 7 nitrogen and oxygen atoms in total. The fraction of sp³-hybridized carbons (Fsp3) is 0.158. The van der Waals surface area contributed by atoms with Crippen LogP contribution in [0.1, 0.15) is 12.5 Å². The highest BCUT2D eigenvalue weighted by molar-refractivity contribution is 8.01. The van der Waals surface area contributed by atoms with Crippen molar-refractivity contribution in [2.45, 2.75) is 17.4 Å². The van der Waals surface area contributed by atoms with Gasteiger partial charge in [0.05, 0.1) is 22.2 Å². The van der Waals surface area contributed by atoms with E-state index < -0.39 is 12.1 Å². The molecule has 144 valence electrons. The van der Waals surface area contributed by atoms with Gasteiger partial charge in [-0.2, -0.15) is 5.10 Å². The van der Waals surface area contributed by atoms with Gasteiger partial charge in [-0.1, -0.05) is 23.9 Å². The molecule has 0 bridgehead atoms. The van der Waals surface area contributed by atoms with Gasteiger partial charge in [0.1, 0.15) is 5.75 Å². The number of carboxylic acids is 1. The minimum absolute atomic E-state index is 0.219. The zero-order valence-electron chi connectivity index (χ0n) is 14.9. The smallest absolute Gasteiger partial charge is 0.344 e. The van der Waals surface area contributed by atoms with Crippen molar-refractivity contribution in [3.8, 4) is 5.75 Å². The van der Waals surface area contributed by atoms with Crippen LogP contribution < -0.4 is 10.2 Å². The fourth-order valence-electron chi connectivity index (χ4n) is 2.14. The summed E-state index contributed by atoms with van der Waals surface area (Å²) in [7, 11) is 0. The van der Waals surface area contributed by atoms with E-state index in [9.17, 15) is 9.59 Å². The molecule has 0 saturated heterocycles. The van der Waals surface area contributed by atoms with Crippen molar-refractivity contribution in [3.63, 3.8) is 0 Å². The Morgan fingerprint density at radius 3 is 2.75 bits per heavy atom. The molecule has 3 aromatic rings. The van der Waals surface area contributed by atoms with E-state index in [2.05, 4.69) is 15.5 Å². The van der Waals surface area contributed by atoms with Crippen molar-refractivity contribution >= 4 is 51.4 Å². The second-order valence-electron chi connectivity index (χ2n) is 5.70. The number of benzene rings is 2. The van der Waals surface area contributed by atoms with Crippen LogP contribution in [0.25, 0.3) is 10.2 Å². The lowest BCUT2D eigenvalue weighted by Gasteiger charge is -2.09. The van der Waals surface area contributed by atoms with Crippen molar-refractivity contribution in [3.05, 3.63) is 54.1 Å². The van der Waals surface area contributed by atoms with Crippen LogP contribution in [0.3, 0.4) is 0 Å². The molecule has 0 aliphatic carbocycles. The fourth-order valence-corrected chi connectivity index (χ4v) is 4.00. The van der Waals surface area contributed by atoms with Crippen molar-refractivity contribution < 1.29 is 19.4 Å². The number of aromatic nitrogens is 1.